The van der Waals surface area contributed by atoms with Crippen molar-refractivity contribution in [2.45, 2.75) is 6.54 Å². The quantitative estimate of drug-likeness (QED) is 0.539. The van der Waals surface area contributed by atoms with E-state index in [4.69, 9.17) is 9.47 Å². The third-order valence-electron chi connectivity index (χ3n) is 4.14. The molecule has 5 heteroatoms. The van der Waals surface area contributed by atoms with Crippen molar-refractivity contribution >= 4 is 22.4 Å². The van der Waals surface area contributed by atoms with Crippen molar-refractivity contribution in [1.29, 1.82) is 0 Å². The number of ether oxygens (including phenoxy) is 2. The number of aliphatic imine (C=N–C) groups is 1. The van der Waals surface area contributed by atoms with Gasteiger partial charge in [0.25, 0.3) is 0 Å². The van der Waals surface area contributed by atoms with Gasteiger partial charge in [-0.15, -0.1) is 0 Å². The first kappa shape index (κ1) is 17.6. The van der Waals surface area contributed by atoms with Gasteiger partial charge in [-0.25, -0.2) is 0 Å². The Kier molecular flexibility index (Phi) is 5.59. The summed E-state index contributed by atoms with van der Waals surface area (Å²) in [6.07, 6.45) is 0. The lowest BCUT2D eigenvalue weighted by atomic mass is 10.1. The van der Waals surface area contributed by atoms with Gasteiger partial charge in [0.2, 0.25) is 0 Å². The average molecular weight is 349 g/mol. The summed E-state index contributed by atoms with van der Waals surface area (Å²) >= 11 is 0. The van der Waals surface area contributed by atoms with Gasteiger partial charge >= 0.3 is 0 Å². The molecule has 0 saturated heterocycles. The van der Waals surface area contributed by atoms with Crippen molar-refractivity contribution in [3.8, 4) is 11.5 Å². The zero-order chi connectivity index (χ0) is 18.4. The molecule has 0 amide bonds. The third kappa shape index (κ3) is 4.06. The first-order valence-electron chi connectivity index (χ1n) is 8.41. The molecule has 0 heterocycles. The van der Waals surface area contributed by atoms with E-state index in [0.29, 0.717) is 24.0 Å². The molecule has 0 unspecified atom stereocenters. The van der Waals surface area contributed by atoms with Gasteiger partial charge in [0, 0.05) is 25.3 Å². The lowest BCUT2D eigenvalue weighted by molar-refractivity contribution is 0.355. The van der Waals surface area contributed by atoms with Crippen LogP contribution < -0.4 is 20.1 Å². The number of nitrogens with zero attached hydrogens (tertiary/aromatic N) is 1. The molecule has 3 aromatic carbocycles. The van der Waals surface area contributed by atoms with Crippen LogP contribution in [0.15, 0.2) is 65.7 Å². The molecule has 3 rings (SSSR count). The zero-order valence-electron chi connectivity index (χ0n) is 15.2. The first-order valence-corrected chi connectivity index (χ1v) is 8.41. The highest BCUT2D eigenvalue weighted by Gasteiger charge is 2.06. The highest BCUT2D eigenvalue weighted by Crippen LogP contribution is 2.29. The van der Waals surface area contributed by atoms with Gasteiger partial charge in [0.05, 0.1) is 14.2 Å². The van der Waals surface area contributed by atoms with Crippen LogP contribution in [-0.2, 0) is 6.54 Å². The Bertz CT molecular complexity index is 922. The highest BCUT2D eigenvalue weighted by molar-refractivity contribution is 5.94. The van der Waals surface area contributed by atoms with Crippen LogP contribution >= 0.6 is 0 Å². The topological polar surface area (TPSA) is 54.9 Å². The van der Waals surface area contributed by atoms with Crippen molar-refractivity contribution in [2.75, 3.05) is 26.6 Å². The number of methoxy groups -OCH3 is 2. The van der Waals surface area contributed by atoms with Crippen LogP contribution in [0, 0.1) is 0 Å². The van der Waals surface area contributed by atoms with Crippen LogP contribution in [0.5, 0.6) is 11.5 Å². The molecule has 0 fully saturated rings. The molecule has 3 aromatic rings. The summed E-state index contributed by atoms with van der Waals surface area (Å²) in [5.41, 5.74) is 2.06. The van der Waals surface area contributed by atoms with Crippen molar-refractivity contribution in [2.24, 2.45) is 4.99 Å². The lowest BCUT2D eigenvalue weighted by Gasteiger charge is -2.14. The predicted molar refractivity (Wildman–Crippen MR) is 107 cm³/mol. The Morgan fingerprint density at radius 1 is 0.885 bits per heavy atom. The monoisotopic (exact) mass is 349 g/mol. The van der Waals surface area contributed by atoms with Crippen LogP contribution in [0.2, 0.25) is 0 Å². The fraction of sp³-hybridized carbons (Fsp3) is 0.190. The van der Waals surface area contributed by atoms with E-state index in [9.17, 15) is 0 Å². The maximum Gasteiger partial charge on any atom is 0.195 e. The molecular weight excluding hydrogens is 326 g/mol. The van der Waals surface area contributed by atoms with E-state index in [0.717, 1.165) is 5.69 Å². The smallest absolute Gasteiger partial charge is 0.195 e. The van der Waals surface area contributed by atoms with E-state index < -0.39 is 0 Å². The minimum absolute atomic E-state index is 0.669. The number of hydrogen-bond donors (Lipinski definition) is 2. The van der Waals surface area contributed by atoms with Gasteiger partial charge < -0.3 is 20.1 Å². The average Bonchev–Trinajstić information content (AvgIpc) is 2.70. The Labute approximate surface area is 153 Å². The van der Waals surface area contributed by atoms with E-state index in [1.54, 1.807) is 21.3 Å². The van der Waals surface area contributed by atoms with Crippen LogP contribution in [-0.4, -0.2) is 27.2 Å². The Balaban J connectivity index is 1.67. The third-order valence-corrected chi connectivity index (χ3v) is 4.14. The fourth-order valence-electron chi connectivity index (χ4n) is 2.76. The van der Waals surface area contributed by atoms with Crippen LogP contribution in [0.4, 0.5) is 5.69 Å². The predicted octanol–water partition coefficient (Wildman–Crippen LogP) is 4.04. The van der Waals surface area contributed by atoms with E-state index in [2.05, 4.69) is 58.1 Å². The number of rotatable bonds is 5. The second-order valence-corrected chi connectivity index (χ2v) is 5.80. The van der Waals surface area contributed by atoms with Gasteiger partial charge in [0.1, 0.15) is 0 Å². The Morgan fingerprint density at radius 3 is 2.38 bits per heavy atom. The molecule has 26 heavy (non-hydrogen) atoms. The van der Waals surface area contributed by atoms with Crippen molar-refractivity contribution in [3.63, 3.8) is 0 Å². The fourth-order valence-corrected chi connectivity index (χ4v) is 2.76. The molecule has 0 aromatic heterocycles. The van der Waals surface area contributed by atoms with E-state index >= 15 is 0 Å². The van der Waals surface area contributed by atoms with Gasteiger partial charge in [-0.2, -0.15) is 0 Å². The van der Waals surface area contributed by atoms with Gasteiger partial charge in [-0.05, 0) is 34.5 Å². The largest absolute Gasteiger partial charge is 0.493 e. The maximum atomic E-state index is 5.34. The number of anilines is 1. The standard InChI is InChI=1S/C21H23N3O2/c1-22-21(24-18-10-11-19(25-2)20(13-18)26-3)23-14-15-8-9-16-6-4-5-7-17(16)12-15/h4-13H,14H2,1-3H3,(H2,22,23,24). The Hall–Kier alpha value is -3.21. The number of nitrogens with one attached hydrogen (secondary N) is 2. The van der Waals surface area contributed by atoms with E-state index in [1.807, 2.05) is 18.2 Å². The molecule has 0 atom stereocenters. The summed E-state index contributed by atoms with van der Waals surface area (Å²) in [6.45, 7) is 0.678. The molecule has 5 nitrogen and oxygen atoms in total. The molecule has 0 radical (unpaired) electrons. The molecule has 134 valence electrons. The minimum Gasteiger partial charge on any atom is -0.493 e. The van der Waals surface area contributed by atoms with Crippen LogP contribution in [0.3, 0.4) is 0 Å². The molecule has 0 aliphatic heterocycles. The first-order chi connectivity index (χ1) is 12.7. The normalized spacial score (nSPS) is 11.3. The Morgan fingerprint density at radius 2 is 1.65 bits per heavy atom. The molecule has 0 spiro atoms. The van der Waals surface area contributed by atoms with Crippen LogP contribution in [0.25, 0.3) is 10.8 Å². The second kappa shape index (κ2) is 8.25. The molecule has 2 N–H and O–H groups in total. The lowest BCUT2D eigenvalue weighted by Crippen LogP contribution is -2.30. The summed E-state index contributed by atoms with van der Waals surface area (Å²) in [5, 5.41) is 9.07. The van der Waals surface area contributed by atoms with Crippen molar-refractivity contribution in [3.05, 3.63) is 66.2 Å². The summed E-state index contributed by atoms with van der Waals surface area (Å²) in [5.74, 6) is 2.05. The van der Waals surface area contributed by atoms with Crippen LogP contribution in [0.1, 0.15) is 5.56 Å². The summed E-state index contributed by atoms with van der Waals surface area (Å²) in [6, 6.07) is 20.4. The van der Waals surface area contributed by atoms with Gasteiger partial charge in [-0.1, -0.05) is 36.4 Å². The number of guanidine groups is 1. The summed E-state index contributed by atoms with van der Waals surface area (Å²) in [7, 11) is 4.99. The van der Waals surface area contributed by atoms with E-state index in [-0.39, 0.29) is 0 Å². The van der Waals surface area contributed by atoms with Gasteiger partial charge in [-0.3, -0.25) is 4.99 Å². The summed E-state index contributed by atoms with van der Waals surface area (Å²) < 4.78 is 10.6. The molecule has 0 saturated carbocycles. The van der Waals surface area contributed by atoms with E-state index in [1.165, 1.54) is 16.3 Å². The molecule has 0 aliphatic carbocycles. The molecular formula is C21H23N3O2. The number of hydrogen-bond acceptors (Lipinski definition) is 3. The summed E-state index contributed by atoms with van der Waals surface area (Å²) in [4.78, 5) is 4.28. The minimum atomic E-state index is 0.669. The molecule has 0 bridgehead atoms. The van der Waals surface area contributed by atoms with Gasteiger partial charge in [0.15, 0.2) is 17.5 Å². The zero-order valence-corrected chi connectivity index (χ0v) is 15.2. The van der Waals surface area contributed by atoms with Crippen molar-refractivity contribution < 1.29 is 9.47 Å². The second-order valence-electron chi connectivity index (χ2n) is 5.80. The SMILES string of the molecule is CN=C(NCc1ccc2ccccc2c1)Nc1ccc(OC)c(OC)c1. The number of benzene rings is 3. The number of fused-ring (bicyclic) bond motifs is 1. The van der Waals surface area contributed by atoms with Crippen molar-refractivity contribution in [1.82, 2.24) is 5.32 Å². The molecule has 0 aliphatic rings. The highest BCUT2D eigenvalue weighted by atomic mass is 16.5. The maximum absolute atomic E-state index is 5.34.